The lowest BCUT2D eigenvalue weighted by molar-refractivity contribution is 0.447. The molecular weight excluding hydrogens is 438 g/mol. The van der Waals surface area contributed by atoms with E-state index in [0.29, 0.717) is 17.1 Å². The van der Waals surface area contributed by atoms with Crippen molar-refractivity contribution in [1.82, 2.24) is 0 Å². The van der Waals surface area contributed by atoms with Crippen molar-refractivity contribution in [2.24, 2.45) is 0 Å². The molecule has 0 unspecified atom stereocenters. The minimum atomic E-state index is 0.201. The minimum Gasteiger partial charge on any atom is -0.508 e. The zero-order valence-electron chi connectivity index (χ0n) is 21.0. The van der Waals surface area contributed by atoms with Crippen LogP contribution < -0.4 is 9.64 Å². The molecule has 4 aromatic rings. The molecule has 0 aliphatic rings. The van der Waals surface area contributed by atoms with Gasteiger partial charge in [0, 0.05) is 23.4 Å². The SMILES string of the molecule is Cc1cc(O)c(C)c(Oc2ccc(N(c3cc(O)c(C)cc3C)c3cc(O)c(C)cc3C)cc2)c1. The molecule has 0 aliphatic carbocycles. The average Bonchev–Trinajstić information content (AvgIpc) is 2.79. The van der Waals surface area contributed by atoms with Gasteiger partial charge >= 0.3 is 0 Å². The Labute approximate surface area is 206 Å². The number of rotatable bonds is 5. The quantitative estimate of drug-likeness (QED) is 0.277. The first-order valence-corrected chi connectivity index (χ1v) is 11.5. The van der Waals surface area contributed by atoms with E-state index in [9.17, 15) is 15.3 Å². The zero-order chi connectivity index (χ0) is 25.4. The van der Waals surface area contributed by atoms with Crippen LogP contribution in [0.4, 0.5) is 17.1 Å². The van der Waals surface area contributed by atoms with Crippen molar-refractivity contribution in [3.05, 3.63) is 94.0 Å². The Hall–Kier alpha value is -4.12. The van der Waals surface area contributed by atoms with Gasteiger partial charge in [0.2, 0.25) is 0 Å². The van der Waals surface area contributed by atoms with Crippen molar-refractivity contribution < 1.29 is 20.1 Å². The molecule has 4 aromatic carbocycles. The summed E-state index contributed by atoms with van der Waals surface area (Å²) >= 11 is 0. The van der Waals surface area contributed by atoms with Crippen LogP contribution >= 0.6 is 0 Å². The summed E-state index contributed by atoms with van der Waals surface area (Å²) in [4.78, 5) is 2.02. The van der Waals surface area contributed by atoms with Gasteiger partial charge in [0.25, 0.3) is 0 Å². The third-order valence-corrected chi connectivity index (χ3v) is 6.31. The third kappa shape index (κ3) is 4.76. The Morgan fingerprint density at radius 3 is 1.60 bits per heavy atom. The van der Waals surface area contributed by atoms with E-state index in [4.69, 9.17) is 4.74 Å². The number of nitrogens with zero attached hydrogens (tertiary/aromatic N) is 1. The van der Waals surface area contributed by atoms with E-state index in [1.54, 1.807) is 18.2 Å². The predicted molar refractivity (Wildman–Crippen MR) is 141 cm³/mol. The number of anilines is 3. The molecule has 3 N–H and O–H groups in total. The maximum absolute atomic E-state index is 10.5. The average molecular weight is 470 g/mol. The molecule has 0 amide bonds. The fraction of sp³-hybridized carbons (Fsp3) is 0.200. The highest BCUT2D eigenvalue weighted by molar-refractivity contribution is 5.82. The second-order valence-corrected chi connectivity index (χ2v) is 9.19. The van der Waals surface area contributed by atoms with Gasteiger partial charge in [-0.3, -0.25) is 0 Å². The Bertz CT molecular complexity index is 1350. The van der Waals surface area contributed by atoms with Crippen molar-refractivity contribution in [3.8, 4) is 28.7 Å². The molecule has 0 aromatic heterocycles. The van der Waals surface area contributed by atoms with Crippen molar-refractivity contribution in [1.29, 1.82) is 0 Å². The van der Waals surface area contributed by atoms with Crippen LogP contribution in [0.25, 0.3) is 0 Å². The second-order valence-electron chi connectivity index (χ2n) is 9.19. The highest BCUT2D eigenvalue weighted by Gasteiger charge is 2.20. The number of aryl methyl sites for hydroxylation is 5. The molecule has 0 saturated heterocycles. The van der Waals surface area contributed by atoms with Gasteiger partial charge in [-0.05, 0) is 106 Å². The lowest BCUT2D eigenvalue weighted by atomic mass is 10.0. The fourth-order valence-corrected chi connectivity index (χ4v) is 4.25. The Kier molecular flexibility index (Phi) is 6.35. The summed E-state index contributed by atoms with van der Waals surface area (Å²) in [5, 5.41) is 31.1. The van der Waals surface area contributed by atoms with E-state index in [0.717, 1.165) is 44.9 Å². The molecule has 0 fully saturated rings. The summed E-state index contributed by atoms with van der Waals surface area (Å²) in [7, 11) is 0. The summed E-state index contributed by atoms with van der Waals surface area (Å²) in [5.41, 5.74) is 7.65. The lowest BCUT2D eigenvalue weighted by Gasteiger charge is -2.29. The topological polar surface area (TPSA) is 73.2 Å². The van der Waals surface area contributed by atoms with Crippen LogP contribution in [0.1, 0.15) is 33.4 Å². The molecule has 4 rings (SSSR count). The summed E-state index contributed by atoms with van der Waals surface area (Å²) < 4.78 is 6.08. The molecule has 0 aliphatic heterocycles. The van der Waals surface area contributed by atoms with Gasteiger partial charge in [-0.2, -0.15) is 0 Å². The highest BCUT2D eigenvalue weighted by Crippen LogP contribution is 2.43. The van der Waals surface area contributed by atoms with E-state index in [-0.39, 0.29) is 17.2 Å². The summed E-state index contributed by atoms with van der Waals surface area (Å²) in [5.74, 6) is 1.85. The van der Waals surface area contributed by atoms with E-state index in [2.05, 4.69) is 0 Å². The van der Waals surface area contributed by atoms with Gasteiger partial charge in [-0.1, -0.05) is 12.1 Å². The van der Waals surface area contributed by atoms with E-state index in [1.165, 1.54) is 0 Å². The molecule has 0 bridgehead atoms. The van der Waals surface area contributed by atoms with E-state index in [1.807, 2.05) is 88.9 Å². The van der Waals surface area contributed by atoms with Crippen LogP contribution in [-0.4, -0.2) is 15.3 Å². The first kappa shape index (κ1) is 24.0. The summed E-state index contributed by atoms with van der Waals surface area (Å²) in [6.45, 7) is 11.5. The molecule has 5 heteroatoms. The molecular formula is C30H31NO4. The van der Waals surface area contributed by atoms with Gasteiger partial charge < -0.3 is 25.0 Å². The zero-order valence-corrected chi connectivity index (χ0v) is 21.0. The summed E-state index contributed by atoms with van der Waals surface area (Å²) in [6.07, 6.45) is 0. The van der Waals surface area contributed by atoms with Gasteiger partial charge in [-0.15, -0.1) is 0 Å². The number of ether oxygens (including phenoxy) is 1. The standard InChI is InChI=1S/C30H31NO4/c1-17-11-29(34)22(6)30(12-17)35-24-9-7-23(8-10-24)31(25-15-27(32)20(4)13-18(25)2)26-16-28(33)21(5)14-19(26)3/h7-16,32-34H,1-6H3. The first-order chi connectivity index (χ1) is 16.5. The molecule has 5 nitrogen and oxygen atoms in total. The number of phenolic OH excluding ortho intramolecular Hbond substituents is 3. The normalized spacial score (nSPS) is 10.9. The second kappa shape index (κ2) is 9.26. The van der Waals surface area contributed by atoms with E-state index >= 15 is 0 Å². The molecule has 0 saturated carbocycles. The number of hydrogen-bond donors (Lipinski definition) is 3. The highest BCUT2D eigenvalue weighted by atomic mass is 16.5. The smallest absolute Gasteiger partial charge is 0.134 e. The molecule has 0 radical (unpaired) electrons. The molecule has 0 spiro atoms. The number of benzene rings is 4. The van der Waals surface area contributed by atoms with Crippen LogP contribution in [0, 0.1) is 41.5 Å². The number of phenols is 3. The maximum atomic E-state index is 10.5. The van der Waals surface area contributed by atoms with Gasteiger partial charge in [0.15, 0.2) is 0 Å². The molecule has 0 atom stereocenters. The molecule has 35 heavy (non-hydrogen) atoms. The van der Waals surface area contributed by atoms with E-state index < -0.39 is 0 Å². The van der Waals surface area contributed by atoms with Crippen molar-refractivity contribution in [2.75, 3.05) is 4.90 Å². The Morgan fingerprint density at radius 2 is 1.09 bits per heavy atom. The Morgan fingerprint density at radius 1 is 0.571 bits per heavy atom. The van der Waals surface area contributed by atoms with Gasteiger partial charge in [0.05, 0.1) is 11.4 Å². The van der Waals surface area contributed by atoms with Crippen molar-refractivity contribution in [3.63, 3.8) is 0 Å². The largest absolute Gasteiger partial charge is 0.508 e. The van der Waals surface area contributed by atoms with Crippen LogP contribution in [-0.2, 0) is 0 Å². The van der Waals surface area contributed by atoms with Crippen molar-refractivity contribution >= 4 is 17.1 Å². The number of hydrogen-bond acceptors (Lipinski definition) is 5. The van der Waals surface area contributed by atoms with Gasteiger partial charge in [0.1, 0.15) is 28.7 Å². The molecule has 180 valence electrons. The maximum Gasteiger partial charge on any atom is 0.134 e. The lowest BCUT2D eigenvalue weighted by Crippen LogP contribution is -2.13. The van der Waals surface area contributed by atoms with Crippen LogP contribution in [0.5, 0.6) is 28.7 Å². The van der Waals surface area contributed by atoms with Crippen LogP contribution in [0.3, 0.4) is 0 Å². The predicted octanol–water partition coefficient (Wildman–Crippen LogP) is 7.92. The first-order valence-electron chi connectivity index (χ1n) is 11.5. The van der Waals surface area contributed by atoms with Crippen LogP contribution in [0.2, 0.25) is 0 Å². The fourth-order valence-electron chi connectivity index (χ4n) is 4.25. The monoisotopic (exact) mass is 469 g/mol. The number of aromatic hydroxyl groups is 3. The summed E-state index contributed by atoms with van der Waals surface area (Å²) in [6, 6.07) is 18.6. The van der Waals surface area contributed by atoms with Crippen molar-refractivity contribution in [2.45, 2.75) is 41.5 Å². The van der Waals surface area contributed by atoms with Crippen LogP contribution in [0.15, 0.2) is 60.7 Å². The van der Waals surface area contributed by atoms with Gasteiger partial charge in [-0.25, -0.2) is 0 Å². The minimum absolute atomic E-state index is 0.201. The molecule has 0 heterocycles. The Balaban J connectivity index is 1.81. The third-order valence-electron chi connectivity index (χ3n) is 6.31.